The lowest BCUT2D eigenvalue weighted by atomic mass is 10.1. The Morgan fingerprint density at radius 2 is 2.18 bits per heavy atom. The zero-order chi connectivity index (χ0) is 12.8. The maximum atomic E-state index is 11.7. The number of hydrogen-bond donors (Lipinski definition) is 1. The second-order valence-corrected chi connectivity index (χ2v) is 3.37. The number of carbonyl (C=O) groups excluding carboxylic acids is 2. The summed E-state index contributed by atoms with van der Waals surface area (Å²) < 4.78 is 9.39. The van der Waals surface area contributed by atoms with Gasteiger partial charge in [-0.2, -0.15) is 0 Å². The average molecular weight is 243 g/mol. The predicted octanol–water partition coefficient (Wildman–Crippen LogP) is -0.623. The van der Waals surface area contributed by atoms with Crippen LogP contribution in [0.3, 0.4) is 0 Å². The fourth-order valence-corrected chi connectivity index (χ4v) is 1.35. The fourth-order valence-electron chi connectivity index (χ4n) is 1.35. The first-order valence-corrected chi connectivity index (χ1v) is 4.92. The van der Waals surface area contributed by atoms with Crippen molar-refractivity contribution in [2.24, 2.45) is 0 Å². The summed E-state index contributed by atoms with van der Waals surface area (Å²) in [6, 6.07) is 0. The summed E-state index contributed by atoms with van der Waals surface area (Å²) in [7, 11) is 1.13. The van der Waals surface area contributed by atoms with Gasteiger partial charge in [0.2, 0.25) is 5.91 Å². The highest BCUT2D eigenvalue weighted by Gasteiger charge is 2.22. The molecule has 1 aliphatic rings. The molecule has 1 rings (SSSR count). The smallest absolute Gasteiger partial charge is 0.334 e. The van der Waals surface area contributed by atoms with Crippen LogP contribution in [-0.2, 0) is 23.9 Å². The SMILES string of the molecule is COC(=O)/C(=C/C(=O)O)CC(=O)N1CCOC1. The van der Waals surface area contributed by atoms with Crippen molar-refractivity contribution in [2.45, 2.75) is 6.42 Å². The van der Waals surface area contributed by atoms with E-state index < -0.39 is 11.9 Å². The van der Waals surface area contributed by atoms with Gasteiger partial charge in [0.1, 0.15) is 6.73 Å². The Balaban J connectivity index is 2.69. The summed E-state index contributed by atoms with van der Waals surface area (Å²) in [5.74, 6) is -2.47. The Kier molecular flexibility index (Phi) is 4.65. The van der Waals surface area contributed by atoms with E-state index in [9.17, 15) is 14.4 Å². The lowest BCUT2D eigenvalue weighted by molar-refractivity contribution is -0.139. The molecule has 1 saturated heterocycles. The van der Waals surface area contributed by atoms with Crippen LogP contribution >= 0.6 is 0 Å². The Morgan fingerprint density at radius 1 is 1.47 bits per heavy atom. The van der Waals surface area contributed by atoms with Gasteiger partial charge in [-0.3, -0.25) is 4.79 Å². The molecule has 1 N–H and O–H groups in total. The highest BCUT2D eigenvalue weighted by molar-refractivity contribution is 6.00. The van der Waals surface area contributed by atoms with Crippen molar-refractivity contribution in [1.82, 2.24) is 4.90 Å². The van der Waals surface area contributed by atoms with Crippen molar-refractivity contribution >= 4 is 17.8 Å². The van der Waals surface area contributed by atoms with Crippen molar-refractivity contribution in [3.63, 3.8) is 0 Å². The van der Waals surface area contributed by atoms with Gasteiger partial charge >= 0.3 is 11.9 Å². The normalized spacial score (nSPS) is 15.8. The second kappa shape index (κ2) is 6.00. The van der Waals surface area contributed by atoms with Crippen molar-refractivity contribution in [3.05, 3.63) is 11.6 Å². The Labute approximate surface area is 97.6 Å². The van der Waals surface area contributed by atoms with E-state index in [1.165, 1.54) is 4.90 Å². The predicted molar refractivity (Wildman–Crippen MR) is 54.9 cm³/mol. The lowest BCUT2D eigenvalue weighted by Crippen LogP contribution is -2.29. The number of carboxylic acid groups (broad SMARTS) is 1. The van der Waals surface area contributed by atoms with Gasteiger partial charge in [0.15, 0.2) is 0 Å². The second-order valence-electron chi connectivity index (χ2n) is 3.37. The molecule has 0 radical (unpaired) electrons. The van der Waals surface area contributed by atoms with Gasteiger partial charge in [0.25, 0.3) is 0 Å². The van der Waals surface area contributed by atoms with Gasteiger partial charge in [0, 0.05) is 12.6 Å². The topological polar surface area (TPSA) is 93.1 Å². The van der Waals surface area contributed by atoms with Crippen LogP contribution in [0.5, 0.6) is 0 Å². The van der Waals surface area contributed by atoms with E-state index in [4.69, 9.17) is 9.84 Å². The van der Waals surface area contributed by atoms with E-state index in [1.54, 1.807) is 0 Å². The lowest BCUT2D eigenvalue weighted by Gasteiger charge is -2.13. The summed E-state index contributed by atoms with van der Waals surface area (Å²) in [6.07, 6.45) is 0.378. The van der Waals surface area contributed by atoms with Crippen LogP contribution < -0.4 is 0 Å². The number of amides is 1. The molecule has 0 aromatic rings. The zero-order valence-electron chi connectivity index (χ0n) is 9.34. The first-order valence-electron chi connectivity index (χ1n) is 4.92. The summed E-state index contributed by atoms with van der Waals surface area (Å²) >= 11 is 0. The van der Waals surface area contributed by atoms with Gasteiger partial charge < -0.3 is 19.5 Å². The van der Waals surface area contributed by atoms with Crippen molar-refractivity contribution in [2.75, 3.05) is 27.0 Å². The minimum Gasteiger partial charge on any atom is -0.478 e. The average Bonchev–Trinajstić information content (AvgIpc) is 2.79. The minimum absolute atomic E-state index is 0.167. The molecule has 17 heavy (non-hydrogen) atoms. The summed E-state index contributed by atoms with van der Waals surface area (Å²) in [5, 5.41) is 8.57. The molecular weight excluding hydrogens is 230 g/mol. The number of carbonyl (C=O) groups is 3. The number of hydrogen-bond acceptors (Lipinski definition) is 5. The van der Waals surface area contributed by atoms with Crippen LogP contribution in [0.1, 0.15) is 6.42 Å². The summed E-state index contributed by atoms with van der Waals surface area (Å²) in [5.41, 5.74) is -0.183. The molecule has 94 valence electrons. The first-order chi connectivity index (χ1) is 8.04. The Bertz CT molecular complexity index is 356. The molecule has 7 heteroatoms. The molecule has 0 atom stereocenters. The standard InChI is InChI=1S/C10H13NO6/c1-16-10(15)7(5-9(13)14)4-8(12)11-2-3-17-6-11/h5H,2-4,6H2,1H3,(H,13,14)/b7-5+. The van der Waals surface area contributed by atoms with E-state index in [-0.39, 0.29) is 24.6 Å². The maximum Gasteiger partial charge on any atom is 0.334 e. The highest BCUT2D eigenvalue weighted by Crippen LogP contribution is 2.09. The first kappa shape index (κ1) is 13.2. The number of esters is 1. The van der Waals surface area contributed by atoms with Gasteiger partial charge in [-0.05, 0) is 0 Å². The number of aliphatic carboxylic acids is 1. The summed E-state index contributed by atoms with van der Waals surface area (Å²) in [4.78, 5) is 34.8. The molecule has 1 heterocycles. The van der Waals surface area contributed by atoms with Crippen LogP contribution in [0.15, 0.2) is 11.6 Å². The minimum atomic E-state index is -1.30. The molecule has 0 aliphatic carbocycles. The molecule has 0 aromatic carbocycles. The number of methoxy groups -OCH3 is 1. The van der Waals surface area contributed by atoms with Crippen LogP contribution in [0, 0.1) is 0 Å². The van der Waals surface area contributed by atoms with Crippen molar-refractivity contribution < 1.29 is 29.0 Å². The maximum absolute atomic E-state index is 11.7. The summed E-state index contributed by atoms with van der Waals surface area (Å²) in [6.45, 7) is 1.06. The Hall–Kier alpha value is -1.89. The third-order valence-corrected chi connectivity index (χ3v) is 2.19. The third kappa shape index (κ3) is 3.87. The quantitative estimate of drug-likeness (QED) is 0.522. The van der Waals surface area contributed by atoms with Gasteiger partial charge in [-0.25, -0.2) is 9.59 Å². The number of nitrogens with zero attached hydrogens (tertiary/aromatic N) is 1. The molecule has 0 unspecified atom stereocenters. The van der Waals surface area contributed by atoms with E-state index in [1.807, 2.05) is 0 Å². The van der Waals surface area contributed by atoms with Gasteiger partial charge in [-0.15, -0.1) is 0 Å². The van der Waals surface area contributed by atoms with Crippen LogP contribution in [-0.4, -0.2) is 54.8 Å². The molecule has 0 bridgehead atoms. The Morgan fingerprint density at radius 3 is 2.65 bits per heavy atom. The number of ether oxygens (including phenoxy) is 2. The highest BCUT2D eigenvalue weighted by atomic mass is 16.5. The van der Waals surface area contributed by atoms with Gasteiger partial charge in [0.05, 0.1) is 25.7 Å². The largest absolute Gasteiger partial charge is 0.478 e. The third-order valence-electron chi connectivity index (χ3n) is 2.19. The number of rotatable bonds is 4. The molecule has 1 amide bonds. The van der Waals surface area contributed by atoms with Gasteiger partial charge in [-0.1, -0.05) is 0 Å². The zero-order valence-corrected chi connectivity index (χ0v) is 9.34. The van der Waals surface area contributed by atoms with E-state index in [0.29, 0.717) is 19.2 Å². The molecule has 0 saturated carbocycles. The van der Waals surface area contributed by atoms with E-state index >= 15 is 0 Å². The fraction of sp³-hybridized carbons (Fsp3) is 0.500. The van der Waals surface area contributed by atoms with Crippen molar-refractivity contribution in [1.29, 1.82) is 0 Å². The molecular formula is C10H13NO6. The van der Waals surface area contributed by atoms with Crippen molar-refractivity contribution in [3.8, 4) is 0 Å². The molecule has 1 aliphatic heterocycles. The van der Waals surface area contributed by atoms with E-state index in [0.717, 1.165) is 7.11 Å². The van der Waals surface area contributed by atoms with Crippen LogP contribution in [0.25, 0.3) is 0 Å². The molecule has 1 fully saturated rings. The van der Waals surface area contributed by atoms with Crippen LogP contribution in [0.4, 0.5) is 0 Å². The molecule has 0 aromatic heterocycles. The molecule has 7 nitrogen and oxygen atoms in total. The van der Waals surface area contributed by atoms with Crippen LogP contribution in [0.2, 0.25) is 0 Å². The number of carboxylic acids is 1. The monoisotopic (exact) mass is 243 g/mol. The molecule has 0 spiro atoms. The van der Waals surface area contributed by atoms with E-state index in [2.05, 4.69) is 4.74 Å².